The van der Waals surface area contributed by atoms with Gasteiger partial charge < -0.3 is 14.8 Å². The average molecular weight is 392 g/mol. The molecule has 6 nitrogen and oxygen atoms in total. The minimum Gasteiger partial charge on any atom is -0.392 e. The van der Waals surface area contributed by atoms with Crippen molar-refractivity contribution < 1.29 is 9.84 Å². The third kappa shape index (κ3) is 5.04. The number of fused-ring (bicyclic) bond motifs is 3. The lowest BCUT2D eigenvalue weighted by atomic mass is 9.97. The third-order valence-electron chi connectivity index (χ3n) is 5.03. The first kappa shape index (κ1) is 20.2. The number of hydrogen-bond acceptors (Lipinski definition) is 6. The van der Waals surface area contributed by atoms with Crippen LogP contribution in [0.4, 0.5) is 0 Å². The molecule has 27 heavy (non-hydrogen) atoms. The first-order valence-electron chi connectivity index (χ1n) is 9.66. The van der Waals surface area contributed by atoms with E-state index in [1.165, 1.54) is 16.9 Å². The lowest BCUT2D eigenvalue weighted by molar-refractivity contribution is 0.0796. The zero-order valence-electron chi connectivity index (χ0n) is 16.0. The normalized spacial score (nSPS) is 15.2. The van der Waals surface area contributed by atoms with E-state index in [1.54, 1.807) is 18.4 Å². The zero-order chi connectivity index (χ0) is 19.2. The van der Waals surface area contributed by atoms with Crippen LogP contribution in [-0.4, -0.2) is 52.9 Å². The van der Waals surface area contributed by atoms with Crippen LogP contribution in [0, 0.1) is 0 Å². The van der Waals surface area contributed by atoms with E-state index in [0.717, 1.165) is 35.9 Å². The lowest BCUT2D eigenvalue weighted by Gasteiger charge is -2.24. The summed E-state index contributed by atoms with van der Waals surface area (Å²) < 4.78 is 5.19. The number of nitrogens with zero attached hydrogens (tertiary/aromatic N) is 2. The van der Waals surface area contributed by atoms with E-state index in [1.807, 2.05) is 6.08 Å². The molecule has 0 saturated carbocycles. The predicted octanol–water partition coefficient (Wildman–Crippen LogP) is 2.64. The molecule has 2 heterocycles. The van der Waals surface area contributed by atoms with Crippen molar-refractivity contribution in [1.29, 1.82) is 0 Å². The number of ether oxygens (including phenoxy) is 1. The maximum absolute atomic E-state index is 12.7. The Bertz CT molecular complexity index is 830. The summed E-state index contributed by atoms with van der Waals surface area (Å²) >= 11 is 1.66. The third-order valence-corrected chi connectivity index (χ3v) is 6.22. The number of thiophene rings is 1. The van der Waals surface area contributed by atoms with Crippen LogP contribution in [0.3, 0.4) is 0 Å². The highest BCUT2D eigenvalue weighted by Gasteiger charge is 2.20. The number of H-pyrrole nitrogens is 1. The lowest BCUT2D eigenvalue weighted by Crippen LogP contribution is -2.35. The van der Waals surface area contributed by atoms with Crippen LogP contribution in [0.25, 0.3) is 10.2 Å². The van der Waals surface area contributed by atoms with Crippen LogP contribution in [0.1, 0.15) is 41.9 Å². The van der Waals surface area contributed by atoms with E-state index >= 15 is 0 Å². The van der Waals surface area contributed by atoms with Crippen LogP contribution >= 0.6 is 11.3 Å². The maximum Gasteiger partial charge on any atom is 0.259 e. The van der Waals surface area contributed by atoms with Gasteiger partial charge in [-0.15, -0.1) is 17.9 Å². The molecule has 0 aromatic carbocycles. The Morgan fingerprint density at radius 3 is 3.04 bits per heavy atom. The molecule has 7 heteroatoms. The number of hydrogen-bond donors (Lipinski definition) is 2. The van der Waals surface area contributed by atoms with Gasteiger partial charge in [0.1, 0.15) is 10.7 Å². The first-order valence-corrected chi connectivity index (χ1v) is 10.5. The monoisotopic (exact) mass is 391 g/mol. The summed E-state index contributed by atoms with van der Waals surface area (Å²) in [7, 11) is 1.66. The number of aryl methyl sites for hydroxylation is 2. The molecular weight excluding hydrogens is 362 g/mol. The second-order valence-corrected chi connectivity index (χ2v) is 8.24. The van der Waals surface area contributed by atoms with E-state index in [-0.39, 0.29) is 5.56 Å². The molecule has 1 aliphatic carbocycles. The minimum atomic E-state index is -0.440. The van der Waals surface area contributed by atoms with Crippen LogP contribution < -0.4 is 5.56 Å². The van der Waals surface area contributed by atoms with Crippen LogP contribution in [0.2, 0.25) is 0 Å². The fourth-order valence-electron chi connectivity index (χ4n) is 3.65. The molecule has 1 atom stereocenters. The Morgan fingerprint density at radius 2 is 2.26 bits per heavy atom. The van der Waals surface area contributed by atoms with Crippen molar-refractivity contribution in [3.8, 4) is 0 Å². The molecular formula is C20H29N3O3S. The summed E-state index contributed by atoms with van der Waals surface area (Å²) in [4.78, 5) is 24.7. The Kier molecular flexibility index (Phi) is 7.18. The second-order valence-electron chi connectivity index (χ2n) is 7.15. The fourth-order valence-corrected chi connectivity index (χ4v) is 4.93. The molecule has 3 rings (SSSR count). The molecule has 0 aliphatic heterocycles. The standard InChI is InChI=1S/C20H29N3O3S/c1-3-4-7-14(24)12-23(10-11-26-2)13-17-21-19(25)18-15-8-5-6-9-16(15)27-20(18)22-17/h3,14,24H,1,4-13H2,2H3,(H,21,22,25)/t14-/m0/s1. The van der Waals surface area contributed by atoms with Crippen molar-refractivity contribution in [2.45, 2.75) is 51.2 Å². The predicted molar refractivity (Wildman–Crippen MR) is 109 cm³/mol. The van der Waals surface area contributed by atoms with Gasteiger partial charge in [0.05, 0.1) is 24.6 Å². The van der Waals surface area contributed by atoms with E-state index in [4.69, 9.17) is 9.72 Å². The number of rotatable bonds is 10. The van der Waals surface area contributed by atoms with Crippen LogP contribution in [0.15, 0.2) is 17.4 Å². The van der Waals surface area contributed by atoms with Gasteiger partial charge in [0.2, 0.25) is 0 Å². The quantitative estimate of drug-likeness (QED) is 0.609. The van der Waals surface area contributed by atoms with Crippen molar-refractivity contribution in [2.24, 2.45) is 0 Å². The summed E-state index contributed by atoms with van der Waals surface area (Å²) in [6.45, 7) is 5.94. The maximum atomic E-state index is 12.7. The van der Waals surface area contributed by atoms with Gasteiger partial charge in [0, 0.05) is 25.1 Å². The van der Waals surface area contributed by atoms with Crippen LogP contribution in [-0.2, 0) is 24.1 Å². The molecule has 0 radical (unpaired) electrons. The number of aromatic nitrogens is 2. The number of methoxy groups -OCH3 is 1. The Balaban J connectivity index is 1.79. The topological polar surface area (TPSA) is 78.5 Å². The molecule has 0 spiro atoms. The average Bonchev–Trinajstić information content (AvgIpc) is 3.03. The van der Waals surface area contributed by atoms with E-state index in [9.17, 15) is 9.90 Å². The second kappa shape index (κ2) is 9.59. The summed E-state index contributed by atoms with van der Waals surface area (Å²) in [5, 5.41) is 11.0. The Morgan fingerprint density at radius 1 is 1.44 bits per heavy atom. The molecule has 2 N–H and O–H groups in total. The fraction of sp³-hybridized carbons (Fsp3) is 0.600. The summed E-state index contributed by atoms with van der Waals surface area (Å²) in [5.41, 5.74) is 1.17. The number of aliphatic hydroxyl groups is 1. The van der Waals surface area contributed by atoms with Crippen molar-refractivity contribution in [3.05, 3.63) is 39.3 Å². The molecule has 0 fully saturated rings. The molecule has 148 valence electrons. The SMILES string of the molecule is C=CCC[C@H](O)CN(CCOC)Cc1nc2sc3c(c2c(=O)[nH]1)CCCC3. The highest BCUT2D eigenvalue weighted by molar-refractivity contribution is 7.18. The highest BCUT2D eigenvalue weighted by Crippen LogP contribution is 2.33. The molecule has 0 bridgehead atoms. The molecule has 2 aromatic rings. The molecule has 0 unspecified atom stereocenters. The number of nitrogens with one attached hydrogen (secondary N) is 1. The molecule has 1 aliphatic rings. The van der Waals surface area contributed by atoms with E-state index in [2.05, 4.69) is 16.5 Å². The largest absolute Gasteiger partial charge is 0.392 e. The summed E-state index contributed by atoms with van der Waals surface area (Å²) in [6.07, 6.45) is 7.20. The molecule has 0 amide bonds. The van der Waals surface area contributed by atoms with Gasteiger partial charge in [-0.2, -0.15) is 0 Å². The number of aromatic amines is 1. The molecule has 0 saturated heterocycles. The smallest absolute Gasteiger partial charge is 0.259 e. The molecule has 2 aromatic heterocycles. The number of allylic oxidation sites excluding steroid dienone is 1. The van der Waals surface area contributed by atoms with Gasteiger partial charge in [-0.25, -0.2) is 4.98 Å². The Labute approximate surface area is 163 Å². The van der Waals surface area contributed by atoms with Crippen molar-refractivity contribution in [3.63, 3.8) is 0 Å². The van der Waals surface area contributed by atoms with Crippen molar-refractivity contribution in [2.75, 3.05) is 26.8 Å². The van der Waals surface area contributed by atoms with Gasteiger partial charge in [-0.05, 0) is 44.1 Å². The van der Waals surface area contributed by atoms with Crippen molar-refractivity contribution >= 4 is 21.6 Å². The van der Waals surface area contributed by atoms with Gasteiger partial charge in [0.25, 0.3) is 5.56 Å². The summed E-state index contributed by atoms with van der Waals surface area (Å²) in [6, 6.07) is 0. The van der Waals surface area contributed by atoms with Crippen LogP contribution in [0.5, 0.6) is 0 Å². The minimum absolute atomic E-state index is 0.0340. The number of aliphatic hydroxyl groups excluding tert-OH is 1. The summed E-state index contributed by atoms with van der Waals surface area (Å²) in [5.74, 6) is 0.651. The van der Waals surface area contributed by atoms with Gasteiger partial charge in [-0.3, -0.25) is 9.69 Å². The van der Waals surface area contributed by atoms with Gasteiger partial charge in [0.15, 0.2) is 0 Å². The zero-order valence-corrected chi connectivity index (χ0v) is 16.8. The highest BCUT2D eigenvalue weighted by atomic mass is 32.1. The first-order chi connectivity index (χ1) is 13.1. The van der Waals surface area contributed by atoms with Gasteiger partial charge >= 0.3 is 0 Å². The van der Waals surface area contributed by atoms with Crippen molar-refractivity contribution in [1.82, 2.24) is 14.9 Å². The Hall–Kier alpha value is -1.54. The van der Waals surface area contributed by atoms with E-state index in [0.29, 0.717) is 38.5 Å². The van der Waals surface area contributed by atoms with Gasteiger partial charge in [-0.1, -0.05) is 6.08 Å². The van der Waals surface area contributed by atoms with E-state index < -0.39 is 6.10 Å².